The molecule has 3 aromatic rings. The Hall–Kier alpha value is -3.00. The number of phenolic OH excluding ortho intramolecular Hbond substituents is 1. The molecule has 0 spiro atoms. The molecule has 0 amide bonds. The number of alkyl halides is 1. The Kier molecular flexibility index (Phi) is 4.89. The van der Waals surface area contributed by atoms with Gasteiger partial charge >= 0.3 is 0 Å². The number of benzene rings is 1. The molecule has 4 heterocycles. The largest absolute Gasteiger partial charge is 0.507 e. The van der Waals surface area contributed by atoms with E-state index in [4.69, 9.17) is 0 Å². The first kappa shape index (κ1) is 19.9. The second-order valence-electron chi connectivity index (χ2n) is 8.90. The zero-order valence-electron chi connectivity index (χ0n) is 17.7. The van der Waals surface area contributed by atoms with E-state index in [0.29, 0.717) is 23.1 Å². The lowest BCUT2D eigenvalue weighted by Crippen LogP contribution is -2.68. The Balaban J connectivity index is 1.36. The van der Waals surface area contributed by atoms with Crippen molar-refractivity contribution in [2.45, 2.75) is 56.4 Å². The van der Waals surface area contributed by atoms with Gasteiger partial charge in [-0.3, -0.25) is 4.98 Å². The first-order valence-corrected chi connectivity index (χ1v) is 10.7. The van der Waals surface area contributed by atoms with Crippen LogP contribution in [0.25, 0.3) is 16.9 Å². The first-order valence-electron chi connectivity index (χ1n) is 10.7. The van der Waals surface area contributed by atoms with Gasteiger partial charge in [-0.15, -0.1) is 0 Å². The number of rotatable bonds is 4. The topological polar surface area (TPSA) is 79.1 Å². The zero-order chi connectivity index (χ0) is 21.6. The smallest absolute Gasteiger partial charge is 0.147 e. The van der Waals surface area contributed by atoms with Crippen LogP contribution in [0, 0.1) is 0 Å². The summed E-state index contributed by atoms with van der Waals surface area (Å²) >= 11 is 0. The third-order valence-corrected chi connectivity index (χ3v) is 6.81. The summed E-state index contributed by atoms with van der Waals surface area (Å²) in [7, 11) is 1.89. The third-order valence-electron chi connectivity index (χ3n) is 6.81. The lowest BCUT2D eigenvalue weighted by Gasteiger charge is -2.52. The van der Waals surface area contributed by atoms with Crippen molar-refractivity contribution < 1.29 is 9.50 Å². The minimum Gasteiger partial charge on any atom is -0.507 e. The fraction of sp³-hybridized carbons (Fsp3) is 0.435. The van der Waals surface area contributed by atoms with Gasteiger partial charge in [0.2, 0.25) is 0 Å². The summed E-state index contributed by atoms with van der Waals surface area (Å²) in [6.07, 6.45) is 11.3. The van der Waals surface area contributed by atoms with Crippen molar-refractivity contribution in [3.05, 3.63) is 49.3 Å². The molecule has 8 heteroatoms. The molecule has 2 N–H and O–H groups in total. The van der Waals surface area contributed by atoms with Gasteiger partial charge in [-0.1, -0.05) is 0 Å². The van der Waals surface area contributed by atoms with Gasteiger partial charge in [-0.05, 0) is 44.7 Å². The quantitative estimate of drug-likeness (QED) is 0.670. The molecule has 5 rings (SSSR count). The maximum atomic E-state index is 15.4. The molecule has 1 aromatic carbocycles. The van der Waals surface area contributed by atoms with Crippen LogP contribution in [0.3, 0.4) is 0 Å². The molecule has 162 valence electrons. The van der Waals surface area contributed by atoms with Crippen molar-refractivity contribution in [1.82, 2.24) is 24.8 Å². The monoisotopic (exact) mass is 422 g/mol. The summed E-state index contributed by atoms with van der Waals surface area (Å²) < 4.78 is 17.2. The second-order valence-corrected chi connectivity index (χ2v) is 8.90. The molecular weight excluding hydrogens is 395 g/mol. The van der Waals surface area contributed by atoms with Crippen LogP contribution in [0.1, 0.15) is 32.6 Å². The van der Waals surface area contributed by atoms with Crippen LogP contribution in [0.5, 0.6) is 5.75 Å². The standard InChI is InChI=1S/C23H27FN6O/c1-23-7-3-4-15(28-23)10-19(22(23)24)29(2)21-13-26-18(12-27-21)17-6-5-16(11-20(17)31)30-9-8-25-14-30/h5-6,8-9,11-15,19,22,28,31H,3-4,7,10H2,1-2H3/t15-,19-,22-,23+/m1/s1. The number of halogens is 1. The minimum atomic E-state index is -0.977. The minimum absolute atomic E-state index is 0.115. The van der Waals surface area contributed by atoms with E-state index in [1.165, 1.54) is 0 Å². The van der Waals surface area contributed by atoms with Gasteiger partial charge in [-0.25, -0.2) is 14.4 Å². The molecule has 2 aliphatic heterocycles. The lowest BCUT2D eigenvalue weighted by atomic mass is 9.73. The predicted octanol–water partition coefficient (Wildman–Crippen LogP) is 3.48. The highest BCUT2D eigenvalue weighted by atomic mass is 19.1. The molecule has 0 saturated carbocycles. The van der Waals surface area contributed by atoms with Crippen LogP contribution >= 0.6 is 0 Å². The molecule has 2 aliphatic rings. The van der Waals surface area contributed by atoms with Gasteiger partial charge in [-0.2, -0.15) is 0 Å². The number of anilines is 1. The highest BCUT2D eigenvalue weighted by Crippen LogP contribution is 2.38. The van der Waals surface area contributed by atoms with Gasteiger partial charge in [0.25, 0.3) is 0 Å². The van der Waals surface area contributed by atoms with Crippen LogP contribution in [0.15, 0.2) is 49.3 Å². The van der Waals surface area contributed by atoms with Gasteiger partial charge in [0, 0.05) is 42.7 Å². The second kappa shape index (κ2) is 7.60. The summed E-state index contributed by atoms with van der Waals surface area (Å²) in [6, 6.07) is 5.47. The van der Waals surface area contributed by atoms with E-state index in [1.807, 2.05) is 41.8 Å². The molecule has 2 fully saturated rings. The maximum absolute atomic E-state index is 15.4. The maximum Gasteiger partial charge on any atom is 0.147 e. The van der Waals surface area contributed by atoms with Gasteiger partial charge in [0.1, 0.15) is 17.7 Å². The number of hydrogen-bond donors (Lipinski definition) is 2. The molecule has 0 aliphatic carbocycles. The van der Waals surface area contributed by atoms with Crippen molar-refractivity contribution in [2.75, 3.05) is 11.9 Å². The highest BCUT2D eigenvalue weighted by molar-refractivity contribution is 5.68. The Morgan fingerprint density at radius 2 is 2.16 bits per heavy atom. The molecule has 0 unspecified atom stereocenters. The molecule has 2 saturated heterocycles. The summed E-state index contributed by atoms with van der Waals surface area (Å²) in [5.74, 6) is 0.749. The average molecular weight is 423 g/mol. The van der Waals surface area contributed by atoms with E-state index in [-0.39, 0.29) is 11.8 Å². The van der Waals surface area contributed by atoms with Gasteiger partial charge in [0.05, 0.1) is 36.1 Å². The van der Waals surface area contributed by atoms with E-state index in [9.17, 15) is 5.11 Å². The number of nitrogens with zero attached hydrogens (tertiary/aromatic N) is 5. The molecular formula is C23H27FN6O. The summed E-state index contributed by atoms with van der Waals surface area (Å²) in [5.41, 5.74) is 1.49. The van der Waals surface area contributed by atoms with Crippen molar-refractivity contribution >= 4 is 5.82 Å². The number of fused-ring (bicyclic) bond motifs is 2. The van der Waals surface area contributed by atoms with Crippen LogP contribution in [0.4, 0.5) is 10.2 Å². The highest BCUT2D eigenvalue weighted by Gasteiger charge is 2.49. The van der Waals surface area contributed by atoms with E-state index >= 15 is 4.39 Å². The Morgan fingerprint density at radius 1 is 1.29 bits per heavy atom. The molecule has 2 bridgehead atoms. The average Bonchev–Trinajstić information content (AvgIpc) is 3.31. The number of phenols is 1. The van der Waals surface area contributed by atoms with E-state index in [2.05, 4.69) is 20.3 Å². The van der Waals surface area contributed by atoms with E-state index < -0.39 is 11.7 Å². The molecule has 31 heavy (non-hydrogen) atoms. The Bertz CT molecular complexity index is 1060. The number of aromatic nitrogens is 4. The number of imidazole rings is 1. The number of hydrogen-bond acceptors (Lipinski definition) is 6. The number of nitrogens with one attached hydrogen (secondary N) is 1. The third kappa shape index (κ3) is 3.54. The molecule has 2 aromatic heterocycles. The summed E-state index contributed by atoms with van der Waals surface area (Å²) in [6.45, 7) is 1.99. The predicted molar refractivity (Wildman–Crippen MR) is 117 cm³/mol. The Labute approximate surface area is 181 Å². The van der Waals surface area contributed by atoms with E-state index in [1.54, 1.807) is 31.0 Å². The number of aromatic hydroxyl groups is 1. The van der Waals surface area contributed by atoms with Crippen LogP contribution in [-0.4, -0.2) is 55.5 Å². The van der Waals surface area contributed by atoms with Crippen molar-refractivity contribution in [2.24, 2.45) is 0 Å². The first-order chi connectivity index (χ1) is 14.9. The van der Waals surface area contributed by atoms with Crippen LogP contribution < -0.4 is 10.2 Å². The van der Waals surface area contributed by atoms with Crippen LogP contribution in [0.2, 0.25) is 0 Å². The summed E-state index contributed by atoms with van der Waals surface area (Å²) in [4.78, 5) is 15.0. The number of piperidine rings is 2. The fourth-order valence-electron chi connectivity index (χ4n) is 5.03. The normalized spacial score (nSPS) is 27.8. The van der Waals surface area contributed by atoms with Crippen molar-refractivity contribution in [1.29, 1.82) is 0 Å². The van der Waals surface area contributed by atoms with Crippen LogP contribution in [-0.2, 0) is 0 Å². The molecule has 7 nitrogen and oxygen atoms in total. The molecule has 4 atom stereocenters. The fourth-order valence-corrected chi connectivity index (χ4v) is 5.03. The summed E-state index contributed by atoms with van der Waals surface area (Å²) in [5, 5.41) is 14.0. The van der Waals surface area contributed by atoms with E-state index in [0.717, 1.165) is 31.4 Å². The Morgan fingerprint density at radius 3 is 2.87 bits per heavy atom. The van der Waals surface area contributed by atoms with Crippen molar-refractivity contribution in [3.8, 4) is 22.7 Å². The van der Waals surface area contributed by atoms with Gasteiger partial charge < -0.3 is 19.9 Å². The van der Waals surface area contributed by atoms with Gasteiger partial charge in [0.15, 0.2) is 0 Å². The SMILES string of the molecule is CN(c1cnc(-c2ccc(-n3ccnc3)cc2O)cn1)[C@@H]1C[C@H]2CCC[C@](C)(N2)[C@@H]1F. The zero-order valence-corrected chi connectivity index (χ0v) is 17.7. The molecule has 0 radical (unpaired) electrons. The lowest BCUT2D eigenvalue weighted by molar-refractivity contribution is 0.0405. The van der Waals surface area contributed by atoms with Crippen molar-refractivity contribution in [3.63, 3.8) is 0 Å².